The third-order valence-corrected chi connectivity index (χ3v) is 3.71. The molecule has 0 spiro atoms. The van der Waals surface area contributed by atoms with Crippen molar-refractivity contribution in [1.82, 2.24) is 5.32 Å². The van der Waals surface area contributed by atoms with Crippen LogP contribution in [0.3, 0.4) is 0 Å². The van der Waals surface area contributed by atoms with Gasteiger partial charge in [0.1, 0.15) is 11.3 Å². The van der Waals surface area contributed by atoms with Crippen molar-refractivity contribution >= 4 is 28.5 Å². The van der Waals surface area contributed by atoms with E-state index in [9.17, 15) is 9.59 Å². The molecule has 122 valence electrons. The van der Waals surface area contributed by atoms with Crippen molar-refractivity contribution in [2.45, 2.75) is 20.4 Å². The lowest BCUT2D eigenvalue weighted by atomic mass is 10.1. The molecule has 2 aromatic carbocycles. The number of fused-ring (bicyclic) bond motifs is 1. The first kappa shape index (κ1) is 15.8. The molecule has 0 saturated carbocycles. The summed E-state index contributed by atoms with van der Waals surface area (Å²) >= 11 is 0. The molecule has 1 aromatic heterocycles. The van der Waals surface area contributed by atoms with Gasteiger partial charge in [-0.25, -0.2) is 0 Å². The molecular weight excluding hydrogens is 304 g/mol. The largest absolute Gasteiger partial charge is 0.459 e. The average Bonchev–Trinajstić information content (AvgIpc) is 2.97. The summed E-state index contributed by atoms with van der Waals surface area (Å²) in [5, 5.41) is 6.56. The second kappa shape index (κ2) is 6.58. The van der Waals surface area contributed by atoms with Gasteiger partial charge in [0.15, 0.2) is 0 Å². The second-order valence-corrected chi connectivity index (χ2v) is 5.64. The zero-order valence-corrected chi connectivity index (χ0v) is 13.6. The number of furan rings is 1. The second-order valence-electron chi connectivity index (χ2n) is 5.64. The number of hydrogen-bond acceptors (Lipinski definition) is 3. The standard InChI is InChI=1S/C19H18N2O3/c1-12-7-8-15(10-17(12)21-13(2)22)19(23)20-11-16-9-14-5-3-4-6-18(14)24-16/h3-10H,11H2,1-2H3,(H,20,23)(H,21,22). The molecule has 0 aliphatic carbocycles. The Morgan fingerprint density at radius 2 is 1.88 bits per heavy atom. The number of amides is 2. The van der Waals surface area contributed by atoms with Gasteiger partial charge in [-0.05, 0) is 36.8 Å². The van der Waals surface area contributed by atoms with Crippen LogP contribution in [-0.2, 0) is 11.3 Å². The summed E-state index contributed by atoms with van der Waals surface area (Å²) < 4.78 is 5.68. The molecule has 2 amide bonds. The van der Waals surface area contributed by atoms with E-state index >= 15 is 0 Å². The molecule has 3 rings (SSSR count). The normalized spacial score (nSPS) is 10.6. The van der Waals surface area contributed by atoms with Gasteiger partial charge in [0.05, 0.1) is 6.54 Å². The summed E-state index contributed by atoms with van der Waals surface area (Å²) in [6.45, 7) is 3.62. The van der Waals surface area contributed by atoms with Crippen molar-refractivity contribution in [2.75, 3.05) is 5.32 Å². The number of anilines is 1. The Hall–Kier alpha value is -3.08. The molecule has 0 saturated heterocycles. The summed E-state index contributed by atoms with van der Waals surface area (Å²) in [4.78, 5) is 23.5. The Balaban J connectivity index is 1.71. The topological polar surface area (TPSA) is 71.3 Å². The summed E-state index contributed by atoms with van der Waals surface area (Å²) in [7, 11) is 0. The molecule has 5 nitrogen and oxygen atoms in total. The molecule has 0 atom stereocenters. The van der Waals surface area contributed by atoms with Crippen LogP contribution in [0.25, 0.3) is 11.0 Å². The van der Waals surface area contributed by atoms with Crippen LogP contribution in [-0.4, -0.2) is 11.8 Å². The van der Waals surface area contributed by atoms with E-state index in [4.69, 9.17) is 4.42 Å². The van der Waals surface area contributed by atoms with Crippen molar-refractivity contribution in [3.63, 3.8) is 0 Å². The quantitative estimate of drug-likeness (QED) is 0.770. The molecule has 0 aliphatic rings. The van der Waals surface area contributed by atoms with Gasteiger partial charge in [0, 0.05) is 23.6 Å². The van der Waals surface area contributed by atoms with Crippen LogP contribution in [0, 0.1) is 6.92 Å². The minimum absolute atomic E-state index is 0.169. The Morgan fingerprint density at radius 1 is 1.08 bits per heavy atom. The number of aryl methyl sites for hydroxylation is 1. The molecule has 3 aromatic rings. The maximum atomic E-state index is 12.3. The number of nitrogens with one attached hydrogen (secondary N) is 2. The van der Waals surface area contributed by atoms with Gasteiger partial charge in [-0.2, -0.15) is 0 Å². The minimum atomic E-state index is -0.220. The molecule has 1 heterocycles. The maximum Gasteiger partial charge on any atom is 0.251 e. The molecule has 0 bridgehead atoms. The van der Waals surface area contributed by atoms with Crippen LogP contribution >= 0.6 is 0 Å². The number of rotatable bonds is 4. The number of hydrogen-bond donors (Lipinski definition) is 2. The first-order chi connectivity index (χ1) is 11.5. The van der Waals surface area contributed by atoms with Crippen LogP contribution < -0.4 is 10.6 Å². The van der Waals surface area contributed by atoms with E-state index in [1.165, 1.54) is 6.92 Å². The zero-order chi connectivity index (χ0) is 17.1. The van der Waals surface area contributed by atoms with Gasteiger partial charge in [-0.3, -0.25) is 9.59 Å². The Bertz CT molecular complexity index is 879. The zero-order valence-electron chi connectivity index (χ0n) is 13.6. The van der Waals surface area contributed by atoms with Crippen molar-refractivity contribution in [3.05, 3.63) is 65.4 Å². The van der Waals surface area contributed by atoms with Gasteiger partial charge in [0.2, 0.25) is 5.91 Å². The summed E-state index contributed by atoms with van der Waals surface area (Å²) in [6.07, 6.45) is 0. The predicted octanol–water partition coefficient (Wildman–Crippen LogP) is 3.63. The Labute approximate surface area is 139 Å². The Morgan fingerprint density at radius 3 is 2.62 bits per heavy atom. The monoisotopic (exact) mass is 322 g/mol. The lowest BCUT2D eigenvalue weighted by molar-refractivity contribution is -0.114. The van der Waals surface area contributed by atoms with Gasteiger partial charge >= 0.3 is 0 Å². The maximum absolute atomic E-state index is 12.3. The number of carbonyl (C=O) groups excluding carboxylic acids is 2. The van der Waals surface area contributed by atoms with E-state index in [0.717, 1.165) is 16.5 Å². The van der Waals surface area contributed by atoms with E-state index in [0.29, 0.717) is 23.6 Å². The summed E-state index contributed by atoms with van der Waals surface area (Å²) in [6, 6.07) is 14.8. The lowest BCUT2D eigenvalue weighted by Gasteiger charge is -2.09. The van der Waals surface area contributed by atoms with Gasteiger partial charge in [-0.1, -0.05) is 24.3 Å². The summed E-state index contributed by atoms with van der Waals surface area (Å²) in [5.41, 5.74) is 2.82. The average molecular weight is 322 g/mol. The summed E-state index contributed by atoms with van der Waals surface area (Å²) in [5.74, 6) is 0.304. The SMILES string of the molecule is CC(=O)Nc1cc(C(=O)NCc2cc3ccccc3o2)ccc1C. The van der Waals surface area contributed by atoms with Crippen molar-refractivity contribution in [3.8, 4) is 0 Å². The molecular formula is C19H18N2O3. The van der Waals surface area contributed by atoms with Crippen LogP contribution in [0.15, 0.2) is 52.9 Å². The smallest absolute Gasteiger partial charge is 0.251 e. The van der Waals surface area contributed by atoms with E-state index in [2.05, 4.69) is 10.6 Å². The van der Waals surface area contributed by atoms with Gasteiger partial charge in [0.25, 0.3) is 5.91 Å². The molecule has 0 radical (unpaired) electrons. The highest BCUT2D eigenvalue weighted by molar-refractivity contribution is 5.97. The van der Waals surface area contributed by atoms with Crippen molar-refractivity contribution < 1.29 is 14.0 Å². The van der Waals surface area contributed by atoms with Crippen LogP contribution in [0.4, 0.5) is 5.69 Å². The fourth-order valence-corrected chi connectivity index (χ4v) is 2.48. The highest BCUT2D eigenvalue weighted by Crippen LogP contribution is 2.19. The third-order valence-electron chi connectivity index (χ3n) is 3.71. The Kier molecular flexibility index (Phi) is 4.33. The molecule has 0 unspecified atom stereocenters. The van der Waals surface area contributed by atoms with Crippen molar-refractivity contribution in [2.24, 2.45) is 0 Å². The highest BCUT2D eigenvalue weighted by atomic mass is 16.3. The number of benzene rings is 2. The molecule has 5 heteroatoms. The molecule has 0 fully saturated rings. The third kappa shape index (κ3) is 3.46. The van der Waals surface area contributed by atoms with E-state index in [1.807, 2.05) is 37.3 Å². The van der Waals surface area contributed by atoms with E-state index in [-0.39, 0.29) is 11.8 Å². The predicted molar refractivity (Wildman–Crippen MR) is 92.9 cm³/mol. The number of carbonyl (C=O) groups is 2. The van der Waals surface area contributed by atoms with E-state index < -0.39 is 0 Å². The van der Waals surface area contributed by atoms with Gasteiger partial charge < -0.3 is 15.1 Å². The fourth-order valence-electron chi connectivity index (χ4n) is 2.48. The molecule has 24 heavy (non-hydrogen) atoms. The van der Waals surface area contributed by atoms with Crippen molar-refractivity contribution in [1.29, 1.82) is 0 Å². The molecule has 0 aliphatic heterocycles. The first-order valence-electron chi connectivity index (χ1n) is 7.67. The van der Waals surface area contributed by atoms with Crippen LogP contribution in [0.2, 0.25) is 0 Å². The van der Waals surface area contributed by atoms with Gasteiger partial charge in [-0.15, -0.1) is 0 Å². The number of para-hydroxylation sites is 1. The van der Waals surface area contributed by atoms with Crippen LogP contribution in [0.1, 0.15) is 28.6 Å². The fraction of sp³-hybridized carbons (Fsp3) is 0.158. The highest BCUT2D eigenvalue weighted by Gasteiger charge is 2.10. The first-order valence-corrected chi connectivity index (χ1v) is 7.67. The van der Waals surface area contributed by atoms with Crippen LogP contribution in [0.5, 0.6) is 0 Å². The minimum Gasteiger partial charge on any atom is -0.459 e. The molecule has 2 N–H and O–H groups in total. The lowest BCUT2D eigenvalue weighted by Crippen LogP contribution is -2.22. The van der Waals surface area contributed by atoms with E-state index in [1.54, 1.807) is 18.2 Å².